The molecular weight excluding hydrogens is 450 g/mol. The minimum Gasteiger partial charge on any atom is -0.352 e. The van der Waals surface area contributed by atoms with Crippen molar-refractivity contribution < 1.29 is 18.0 Å². The number of carbonyl (C=O) groups excluding carboxylic acids is 2. The van der Waals surface area contributed by atoms with Gasteiger partial charge in [-0.15, -0.1) is 0 Å². The van der Waals surface area contributed by atoms with Crippen LogP contribution in [0.25, 0.3) is 0 Å². The van der Waals surface area contributed by atoms with Crippen LogP contribution in [-0.2, 0) is 26.2 Å². The van der Waals surface area contributed by atoms with E-state index in [2.05, 4.69) is 10.6 Å². The van der Waals surface area contributed by atoms with Crippen molar-refractivity contribution in [2.75, 3.05) is 18.4 Å². The van der Waals surface area contributed by atoms with Gasteiger partial charge in [0.25, 0.3) is 0 Å². The number of hydrogen-bond donors (Lipinski definition) is 2. The highest BCUT2D eigenvalue weighted by Gasteiger charge is 2.32. The number of sulfonamides is 1. The molecule has 9 heteroatoms. The maximum Gasteiger partial charge on any atom is 0.243 e. The SMILES string of the molecule is O=C(NCc1cccc(NC(=O)C2CC2)c1)C1CCN(S(=O)(=O)c2ccc(Cl)cc2)CC1. The summed E-state index contributed by atoms with van der Waals surface area (Å²) in [7, 11) is -3.59. The minimum absolute atomic E-state index is 0.0477. The summed E-state index contributed by atoms with van der Waals surface area (Å²) in [4.78, 5) is 24.8. The Morgan fingerprint density at radius 1 is 0.938 bits per heavy atom. The standard InChI is InChI=1S/C23H26ClN3O4S/c24-19-6-8-21(9-7-19)32(30,31)27-12-10-18(11-13-27)22(28)25-15-16-2-1-3-20(14-16)26-23(29)17-4-5-17/h1-3,6-9,14,17-18H,4-5,10-13,15H2,(H,25,28)(H,26,29). The van der Waals surface area contributed by atoms with Gasteiger partial charge < -0.3 is 10.6 Å². The van der Waals surface area contributed by atoms with E-state index in [0.717, 1.165) is 24.1 Å². The van der Waals surface area contributed by atoms with E-state index in [1.807, 2.05) is 24.3 Å². The molecule has 0 radical (unpaired) electrons. The van der Waals surface area contributed by atoms with Gasteiger partial charge in [-0.25, -0.2) is 8.42 Å². The van der Waals surface area contributed by atoms with Gasteiger partial charge in [0, 0.05) is 42.2 Å². The number of nitrogens with zero attached hydrogens (tertiary/aromatic N) is 1. The summed E-state index contributed by atoms with van der Waals surface area (Å²) in [6.07, 6.45) is 2.83. The van der Waals surface area contributed by atoms with Crippen LogP contribution in [-0.4, -0.2) is 37.6 Å². The summed E-state index contributed by atoms with van der Waals surface area (Å²) in [6, 6.07) is 13.6. The number of anilines is 1. The highest BCUT2D eigenvalue weighted by atomic mass is 35.5. The zero-order valence-electron chi connectivity index (χ0n) is 17.6. The zero-order chi connectivity index (χ0) is 22.7. The van der Waals surface area contributed by atoms with Crippen molar-refractivity contribution in [3.05, 3.63) is 59.1 Å². The van der Waals surface area contributed by atoms with Crippen molar-refractivity contribution in [1.29, 1.82) is 0 Å². The molecule has 2 amide bonds. The first-order valence-electron chi connectivity index (χ1n) is 10.8. The lowest BCUT2D eigenvalue weighted by atomic mass is 9.97. The fraction of sp³-hybridized carbons (Fsp3) is 0.391. The second kappa shape index (κ2) is 9.60. The molecule has 1 aliphatic heterocycles. The fourth-order valence-corrected chi connectivity index (χ4v) is 5.39. The molecule has 7 nitrogen and oxygen atoms in total. The van der Waals surface area contributed by atoms with Crippen molar-refractivity contribution in [2.45, 2.75) is 37.1 Å². The topological polar surface area (TPSA) is 95.6 Å². The fourth-order valence-electron chi connectivity index (χ4n) is 3.80. The third kappa shape index (κ3) is 5.49. The maximum absolute atomic E-state index is 12.8. The molecule has 1 saturated carbocycles. The van der Waals surface area contributed by atoms with Crippen LogP contribution in [0.1, 0.15) is 31.2 Å². The predicted octanol–water partition coefficient (Wildman–Crippen LogP) is 3.41. The van der Waals surface area contributed by atoms with E-state index in [1.54, 1.807) is 12.1 Å². The van der Waals surface area contributed by atoms with Crippen LogP contribution in [0.3, 0.4) is 0 Å². The lowest BCUT2D eigenvalue weighted by Gasteiger charge is -2.30. The second-order valence-corrected chi connectivity index (χ2v) is 10.7. The molecule has 2 aliphatic rings. The van der Waals surface area contributed by atoms with Crippen molar-refractivity contribution in [3.63, 3.8) is 0 Å². The summed E-state index contributed by atoms with van der Waals surface area (Å²) in [5, 5.41) is 6.33. The number of amides is 2. The molecule has 1 aliphatic carbocycles. The minimum atomic E-state index is -3.59. The van der Waals surface area contributed by atoms with Crippen LogP contribution in [0.15, 0.2) is 53.4 Å². The van der Waals surface area contributed by atoms with Gasteiger partial charge >= 0.3 is 0 Å². The van der Waals surface area contributed by atoms with Crippen LogP contribution in [0.2, 0.25) is 5.02 Å². The summed E-state index contributed by atoms with van der Waals surface area (Å²) in [5.74, 6) is -0.135. The van der Waals surface area contributed by atoms with Gasteiger partial charge in [-0.05, 0) is 67.6 Å². The van der Waals surface area contributed by atoms with E-state index >= 15 is 0 Å². The summed E-state index contributed by atoms with van der Waals surface area (Å²) >= 11 is 5.85. The van der Waals surface area contributed by atoms with Gasteiger partial charge in [0.05, 0.1) is 4.90 Å². The summed E-state index contributed by atoms with van der Waals surface area (Å²) < 4.78 is 27.0. The van der Waals surface area contributed by atoms with Gasteiger partial charge in [-0.1, -0.05) is 23.7 Å². The van der Waals surface area contributed by atoms with Crippen LogP contribution in [0.4, 0.5) is 5.69 Å². The third-order valence-corrected chi connectivity index (χ3v) is 8.05. The van der Waals surface area contributed by atoms with E-state index in [4.69, 9.17) is 11.6 Å². The molecule has 2 aromatic rings. The first-order chi connectivity index (χ1) is 15.3. The highest BCUT2D eigenvalue weighted by molar-refractivity contribution is 7.89. The number of carbonyl (C=O) groups is 2. The van der Waals surface area contributed by atoms with Crippen molar-refractivity contribution >= 4 is 39.1 Å². The van der Waals surface area contributed by atoms with E-state index in [-0.39, 0.29) is 28.5 Å². The normalized spacial score (nSPS) is 17.7. The van der Waals surface area contributed by atoms with Gasteiger partial charge in [0.15, 0.2) is 0 Å². The third-order valence-electron chi connectivity index (χ3n) is 5.89. The molecule has 4 rings (SSSR count). The first kappa shape index (κ1) is 22.8. The maximum atomic E-state index is 12.8. The summed E-state index contributed by atoms with van der Waals surface area (Å²) in [5.41, 5.74) is 1.63. The van der Waals surface area contributed by atoms with Gasteiger partial charge in [-0.3, -0.25) is 9.59 Å². The molecule has 1 heterocycles. The molecule has 1 saturated heterocycles. The smallest absolute Gasteiger partial charge is 0.243 e. The Morgan fingerprint density at radius 3 is 2.25 bits per heavy atom. The van der Waals surface area contributed by atoms with Crippen molar-refractivity contribution in [1.82, 2.24) is 9.62 Å². The van der Waals surface area contributed by atoms with E-state index < -0.39 is 10.0 Å². The molecule has 2 aromatic carbocycles. The van der Waals surface area contributed by atoms with Crippen LogP contribution >= 0.6 is 11.6 Å². The lowest BCUT2D eigenvalue weighted by molar-refractivity contribution is -0.126. The first-order valence-corrected chi connectivity index (χ1v) is 12.6. The van der Waals surface area contributed by atoms with Crippen LogP contribution in [0, 0.1) is 11.8 Å². The van der Waals surface area contributed by atoms with Gasteiger partial charge in [0.1, 0.15) is 0 Å². The Balaban J connectivity index is 1.27. The van der Waals surface area contributed by atoms with Gasteiger partial charge in [0.2, 0.25) is 21.8 Å². The zero-order valence-corrected chi connectivity index (χ0v) is 19.2. The number of piperidine rings is 1. The number of benzene rings is 2. The molecule has 0 spiro atoms. The van der Waals surface area contributed by atoms with Crippen LogP contribution < -0.4 is 10.6 Å². The van der Waals surface area contributed by atoms with Gasteiger partial charge in [-0.2, -0.15) is 4.31 Å². The molecule has 2 N–H and O–H groups in total. The average Bonchev–Trinajstić information content (AvgIpc) is 3.64. The predicted molar refractivity (Wildman–Crippen MR) is 123 cm³/mol. The molecule has 0 aromatic heterocycles. The molecule has 170 valence electrons. The Morgan fingerprint density at radius 2 is 1.59 bits per heavy atom. The largest absolute Gasteiger partial charge is 0.352 e. The molecule has 0 unspecified atom stereocenters. The monoisotopic (exact) mass is 475 g/mol. The lowest BCUT2D eigenvalue weighted by Crippen LogP contribution is -2.42. The highest BCUT2D eigenvalue weighted by Crippen LogP contribution is 2.30. The Kier molecular flexibility index (Phi) is 6.83. The molecule has 32 heavy (non-hydrogen) atoms. The number of hydrogen-bond acceptors (Lipinski definition) is 4. The second-order valence-electron chi connectivity index (χ2n) is 8.31. The number of halogens is 1. The molecule has 0 atom stereocenters. The summed E-state index contributed by atoms with van der Waals surface area (Å²) in [6.45, 7) is 0.951. The molecule has 2 fully saturated rings. The Hall–Kier alpha value is -2.42. The molecular formula is C23H26ClN3O4S. The quantitative estimate of drug-likeness (QED) is 0.641. The van der Waals surface area contributed by atoms with E-state index in [0.29, 0.717) is 37.5 Å². The Bertz CT molecular complexity index is 1090. The van der Waals surface area contributed by atoms with E-state index in [1.165, 1.54) is 16.4 Å². The molecule has 0 bridgehead atoms. The Labute approximate surface area is 193 Å². The van der Waals surface area contributed by atoms with Crippen LogP contribution in [0.5, 0.6) is 0 Å². The number of rotatable bonds is 7. The average molecular weight is 476 g/mol. The van der Waals surface area contributed by atoms with Crippen molar-refractivity contribution in [2.24, 2.45) is 11.8 Å². The number of nitrogens with one attached hydrogen (secondary N) is 2. The van der Waals surface area contributed by atoms with E-state index in [9.17, 15) is 18.0 Å². The van der Waals surface area contributed by atoms with Crippen molar-refractivity contribution in [3.8, 4) is 0 Å².